The Balaban J connectivity index is 1.57. The van der Waals surface area contributed by atoms with Gasteiger partial charge in [0.1, 0.15) is 12.4 Å². The van der Waals surface area contributed by atoms with Gasteiger partial charge in [0.15, 0.2) is 0 Å². The lowest BCUT2D eigenvalue weighted by Crippen LogP contribution is -2.12. The van der Waals surface area contributed by atoms with Gasteiger partial charge in [0.2, 0.25) is 0 Å². The summed E-state index contributed by atoms with van der Waals surface area (Å²) in [6, 6.07) is 25.4. The van der Waals surface area contributed by atoms with Crippen molar-refractivity contribution < 1.29 is 9.53 Å². The molecule has 1 amide bonds. The molecular formula is C24H23NO2S. The van der Waals surface area contributed by atoms with Crippen LogP contribution in [0.15, 0.2) is 95.9 Å². The second kappa shape index (κ2) is 9.81. The largest absolute Gasteiger partial charge is 0.489 e. The Labute approximate surface area is 170 Å². The molecule has 28 heavy (non-hydrogen) atoms. The van der Waals surface area contributed by atoms with Crippen LogP contribution >= 0.6 is 11.8 Å². The molecule has 0 spiro atoms. The third kappa shape index (κ3) is 6.03. The van der Waals surface area contributed by atoms with Gasteiger partial charge in [-0.2, -0.15) is 0 Å². The highest BCUT2D eigenvalue weighted by Crippen LogP contribution is 2.23. The van der Waals surface area contributed by atoms with Crippen LogP contribution in [0, 0.1) is 0 Å². The Kier molecular flexibility index (Phi) is 6.93. The molecule has 3 nitrogen and oxygen atoms in total. The van der Waals surface area contributed by atoms with E-state index < -0.39 is 0 Å². The minimum atomic E-state index is -0.160. The molecule has 0 aliphatic rings. The average Bonchev–Trinajstić information content (AvgIpc) is 2.73. The first kappa shape index (κ1) is 19.8. The molecule has 3 aromatic rings. The zero-order valence-corrected chi connectivity index (χ0v) is 16.7. The summed E-state index contributed by atoms with van der Waals surface area (Å²) >= 11 is 1.79. The number of anilines is 1. The van der Waals surface area contributed by atoms with Crippen molar-refractivity contribution in [2.24, 2.45) is 0 Å². The molecule has 0 aliphatic carbocycles. The van der Waals surface area contributed by atoms with Crippen molar-refractivity contribution in [3.8, 4) is 5.75 Å². The van der Waals surface area contributed by atoms with Crippen molar-refractivity contribution in [3.05, 3.63) is 102 Å². The van der Waals surface area contributed by atoms with Crippen LogP contribution in [0.5, 0.6) is 5.75 Å². The summed E-state index contributed by atoms with van der Waals surface area (Å²) in [4.78, 5) is 13.8. The van der Waals surface area contributed by atoms with Gasteiger partial charge in [0.25, 0.3) is 5.91 Å². The van der Waals surface area contributed by atoms with E-state index in [1.54, 1.807) is 23.9 Å². The van der Waals surface area contributed by atoms with Crippen LogP contribution in [0.2, 0.25) is 0 Å². The Bertz CT molecular complexity index is 936. The fourth-order valence-electron chi connectivity index (χ4n) is 2.50. The molecule has 1 N–H and O–H groups in total. The lowest BCUT2D eigenvalue weighted by atomic mass is 10.2. The lowest BCUT2D eigenvalue weighted by Gasteiger charge is -2.09. The molecule has 0 atom stereocenters. The van der Waals surface area contributed by atoms with E-state index in [0.29, 0.717) is 17.9 Å². The summed E-state index contributed by atoms with van der Waals surface area (Å²) in [6.07, 6.45) is 0. The minimum absolute atomic E-state index is 0.160. The maximum atomic E-state index is 12.5. The number of carbonyl (C=O) groups excluding carboxylic acids is 1. The van der Waals surface area contributed by atoms with E-state index in [0.717, 1.165) is 17.0 Å². The van der Waals surface area contributed by atoms with Crippen molar-refractivity contribution in [3.63, 3.8) is 0 Å². The van der Waals surface area contributed by atoms with Gasteiger partial charge in [-0.05, 0) is 60.5 Å². The number of thioether (sulfide) groups is 1. The highest BCUT2D eigenvalue weighted by molar-refractivity contribution is 7.98. The molecule has 0 saturated carbocycles. The molecule has 0 bridgehead atoms. The van der Waals surface area contributed by atoms with Crippen LogP contribution in [0.1, 0.15) is 22.8 Å². The van der Waals surface area contributed by atoms with Crippen molar-refractivity contribution in [2.45, 2.75) is 17.6 Å². The van der Waals surface area contributed by atoms with E-state index in [1.807, 2.05) is 61.5 Å². The number of hydrogen-bond donors (Lipinski definition) is 1. The molecule has 0 radical (unpaired) electrons. The van der Waals surface area contributed by atoms with Gasteiger partial charge in [-0.15, -0.1) is 11.8 Å². The molecule has 0 fully saturated rings. The van der Waals surface area contributed by atoms with Crippen molar-refractivity contribution in [1.29, 1.82) is 0 Å². The molecule has 142 valence electrons. The highest BCUT2D eigenvalue weighted by Gasteiger charge is 2.08. The summed E-state index contributed by atoms with van der Waals surface area (Å²) in [7, 11) is 0. The number of rotatable bonds is 8. The molecule has 3 aromatic carbocycles. The monoisotopic (exact) mass is 389 g/mol. The SMILES string of the molecule is C=C(C)COc1cccc(C(=O)Nc2ccc(CSc3ccccc3)cc2)c1. The Morgan fingerprint density at radius 3 is 2.46 bits per heavy atom. The number of nitrogens with one attached hydrogen (secondary N) is 1. The van der Waals surface area contributed by atoms with Gasteiger partial charge in [-0.3, -0.25) is 4.79 Å². The molecule has 0 aromatic heterocycles. The first-order valence-corrected chi connectivity index (χ1v) is 10.0. The van der Waals surface area contributed by atoms with Gasteiger partial charge in [0, 0.05) is 21.9 Å². The van der Waals surface area contributed by atoms with E-state index in [4.69, 9.17) is 4.74 Å². The fourth-order valence-corrected chi connectivity index (χ4v) is 3.38. The second-order valence-corrected chi connectivity index (χ2v) is 7.58. The summed E-state index contributed by atoms with van der Waals surface area (Å²) in [5.41, 5.74) is 3.47. The van der Waals surface area contributed by atoms with Crippen LogP contribution in [-0.2, 0) is 5.75 Å². The van der Waals surface area contributed by atoms with E-state index >= 15 is 0 Å². The smallest absolute Gasteiger partial charge is 0.255 e. The normalized spacial score (nSPS) is 10.3. The van der Waals surface area contributed by atoms with Crippen LogP contribution < -0.4 is 10.1 Å². The van der Waals surface area contributed by atoms with Gasteiger partial charge >= 0.3 is 0 Å². The zero-order valence-electron chi connectivity index (χ0n) is 15.9. The number of benzene rings is 3. The van der Waals surface area contributed by atoms with Gasteiger partial charge in [-0.1, -0.05) is 43.0 Å². The van der Waals surface area contributed by atoms with Gasteiger partial charge in [0.05, 0.1) is 0 Å². The van der Waals surface area contributed by atoms with E-state index in [9.17, 15) is 4.79 Å². The van der Waals surface area contributed by atoms with Crippen molar-refractivity contribution in [2.75, 3.05) is 11.9 Å². The van der Waals surface area contributed by atoms with Crippen LogP contribution in [-0.4, -0.2) is 12.5 Å². The number of hydrogen-bond acceptors (Lipinski definition) is 3. The standard InChI is InChI=1S/C24H23NO2S/c1-18(2)16-27-22-8-6-7-20(15-22)24(26)25-21-13-11-19(12-14-21)17-28-23-9-4-3-5-10-23/h3-15H,1,16-17H2,2H3,(H,25,26). The molecule has 0 saturated heterocycles. The molecule has 0 heterocycles. The molecule has 4 heteroatoms. The van der Waals surface area contributed by atoms with E-state index in [1.165, 1.54) is 10.5 Å². The predicted octanol–water partition coefficient (Wildman–Crippen LogP) is 6.19. The third-order valence-electron chi connectivity index (χ3n) is 3.94. The Morgan fingerprint density at radius 1 is 1.00 bits per heavy atom. The number of ether oxygens (including phenoxy) is 1. The van der Waals surface area contributed by atoms with E-state index in [-0.39, 0.29) is 5.91 Å². The second-order valence-electron chi connectivity index (χ2n) is 6.53. The topological polar surface area (TPSA) is 38.3 Å². The molecule has 0 aliphatic heterocycles. The molecule has 0 unspecified atom stereocenters. The maximum absolute atomic E-state index is 12.5. The van der Waals surface area contributed by atoms with Crippen LogP contribution in [0.25, 0.3) is 0 Å². The Hall–Kier alpha value is -2.98. The van der Waals surface area contributed by atoms with Crippen molar-refractivity contribution in [1.82, 2.24) is 0 Å². The Morgan fingerprint density at radius 2 is 1.75 bits per heavy atom. The minimum Gasteiger partial charge on any atom is -0.489 e. The van der Waals surface area contributed by atoms with Gasteiger partial charge < -0.3 is 10.1 Å². The quantitative estimate of drug-likeness (QED) is 0.369. The molecular weight excluding hydrogens is 366 g/mol. The van der Waals surface area contributed by atoms with Gasteiger partial charge in [-0.25, -0.2) is 0 Å². The fraction of sp³-hybridized carbons (Fsp3) is 0.125. The third-order valence-corrected chi connectivity index (χ3v) is 5.03. The average molecular weight is 390 g/mol. The van der Waals surface area contributed by atoms with Crippen LogP contribution in [0.3, 0.4) is 0 Å². The summed E-state index contributed by atoms with van der Waals surface area (Å²) in [5, 5.41) is 2.93. The van der Waals surface area contributed by atoms with E-state index in [2.05, 4.69) is 24.0 Å². The predicted molar refractivity (Wildman–Crippen MR) is 117 cm³/mol. The number of carbonyl (C=O) groups is 1. The number of amides is 1. The maximum Gasteiger partial charge on any atom is 0.255 e. The first-order valence-electron chi connectivity index (χ1n) is 9.05. The summed E-state index contributed by atoms with van der Waals surface area (Å²) in [6.45, 7) is 6.15. The summed E-state index contributed by atoms with van der Waals surface area (Å²) < 4.78 is 5.61. The van der Waals surface area contributed by atoms with Crippen molar-refractivity contribution >= 4 is 23.4 Å². The lowest BCUT2D eigenvalue weighted by molar-refractivity contribution is 0.102. The summed E-state index contributed by atoms with van der Waals surface area (Å²) in [5.74, 6) is 1.39. The highest BCUT2D eigenvalue weighted by atomic mass is 32.2. The van der Waals surface area contributed by atoms with Crippen LogP contribution in [0.4, 0.5) is 5.69 Å². The molecule has 3 rings (SSSR count). The zero-order chi connectivity index (χ0) is 19.8. The first-order chi connectivity index (χ1) is 13.6.